The van der Waals surface area contributed by atoms with Crippen LogP contribution in [0.2, 0.25) is 0 Å². The predicted molar refractivity (Wildman–Crippen MR) is 77.6 cm³/mol. The summed E-state index contributed by atoms with van der Waals surface area (Å²) in [6.07, 6.45) is 5.61. The van der Waals surface area contributed by atoms with Crippen molar-refractivity contribution in [3.05, 3.63) is 24.5 Å². The number of nitrogens with zero attached hydrogens (tertiary/aromatic N) is 6. The monoisotopic (exact) mass is 338 g/mol. The molecule has 0 aromatic carbocycles. The van der Waals surface area contributed by atoms with E-state index < -0.39 is 15.9 Å². The first-order chi connectivity index (χ1) is 10.9. The van der Waals surface area contributed by atoms with Crippen molar-refractivity contribution in [1.82, 2.24) is 29.3 Å². The van der Waals surface area contributed by atoms with Crippen molar-refractivity contribution >= 4 is 15.9 Å². The quantitative estimate of drug-likeness (QED) is 0.716. The van der Waals surface area contributed by atoms with Crippen molar-refractivity contribution in [1.29, 1.82) is 0 Å². The molecule has 0 unspecified atom stereocenters. The number of sulfonamides is 1. The lowest BCUT2D eigenvalue weighted by molar-refractivity contribution is 0.0648. The molecular weight excluding hydrogens is 324 g/mol. The fourth-order valence-corrected chi connectivity index (χ4v) is 3.01. The highest BCUT2D eigenvalue weighted by atomic mass is 32.2. The molecule has 0 bridgehead atoms. The Morgan fingerprint density at radius 2 is 1.96 bits per heavy atom. The van der Waals surface area contributed by atoms with Crippen molar-refractivity contribution in [2.45, 2.75) is 0 Å². The molecule has 2 aromatic heterocycles. The molecule has 0 atom stereocenters. The van der Waals surface area contributed by atoms with E-state index in [1.165, 1.54) is 27.8 Å². The lowest BCUT2D eigenvalue weighted by atomic mass is 10.3. The summed E-state index contributed by atoms with van der Waals surface area (Å²) in [6, 6.07) is 0. The SMILES string of the molecule is CS(=O)(=O)N1CCN(C(=O)c2nc(-c3cnccn3)no2)CC1. The zero-order valence-corrected chi connectivity index (χ0v) is 13.1. The van der Waals surface area contributed by atoms with Crippen LogP contribution in [0.4, 0.5) is 0 Å². The van der Waals surface area contributed by atoms with E-state index in [1.807, 2.05) is 0 Å². The molecule has 1 amide bonds. The molecule has 2 aromatic rings. The van der Waals surface area contributed by atoms with Crippen molar-refractivity contribution in [3.8, 4) is 11.5 Å². The molecule has 0 saturated carbocycles. The number of carbonyl (C=O) groups is 1. The summed E-state index contributed by atoms with van der Waals surface area (Å²) in [5.41, 5.74) is 0.400. The van der Waals surface area contributed by atoms with Crippen LogP contribution in [0.3, 0.4) is 0 Å². The summed E-state index contributed by atoms with van der Waals surface area (Å²) in [5.74, 6) is -0.407. The Morgan fingerprint density at radius 1 is 1.22 bits per heavy atom. The van der Waals surface area contributed by atoms with Gasteiger partial charge in [-0.3, -0.25) is 9.78 Å². The van der Waals surface area contributed by atoms with Crippen LogP contribution in [0.25, 0.3) is 11.5 Å². The number of amides is 1. The van der Waals surface area contributed by atoms with Gasteiger partial charge in [0.1, 0.15) is 5.69 Å². The second kappa shape index (κ2) is 6.01. The number of hydrogen-bond donors (Lipinski definition) is 0. The minimum absolute atomic E-state index is 0.154. The topological polar surface area (TPSA) is 122 Å². The number of piperazine rings is 1. The van der Waals surface area contributed by atoms with Gasteiger partial charge in [-0.1, -0.05) is 5.16 Å². The molecule has 3 heterocycles. The van der Waals surface area contributed by atoms with Gasteiger partial charge >= 0.3 is 11.8 Å². The highest BCUT2D eigenvalue weighted by Gasteiger charge is 2.29. The predicted octanol–water partition coefficient (Wildman–Crippen LogP) is -0.756. The summed E-state index contributed by atoms with van der Waals surface area (Å²) in [7, 11) is -3.24. The second-order valence-corrected chi connectivity index (χ2v) is 6.95. The Labute approximate surface area is 132 Å². The minimum atomic E-state index is -3.24. The van der Waals surface area contributed by atoms with Crippen LogP contribution in [-0.4, -0.2) is 76.1 Å². The van der Waals surface area contributed by atoms with E-state index in [0.717, 1.165) is 6.26 Å². The highest BCUT2D eigenvalue weighted by molar-refractivity contribution is 7.88. The smallest absolute Gasteiger partial charge is 0.316 e. The molecule has 1 aliphatic rings. The Hall–Kier alpha value is -2.40. The second-order valence-electron chi connectivity index (χ2n) is 4.97. The van der Waals surface area contributed by atoms with Gasteiger partial charge in [0.25, 0.3) is 0 Å². The van der Waals surface area contributed by atoms with Crippen molar-refractivity contribution in [3.63, 3.8) is 0 Å². The average molecular weight is 338 g/mol. The lowest BCUT2D eigenvalue weighted by Crippen LogP contribution is -2.50. The summed E-state index contributed by atoms with van der Waals surface area (Å²) in [4.78, 5) is 25.7. The zero-order chi connectivity index (χ0) is 16.4. The van der Waals surface area contributed by atoms with E-state index in [1.54, 1.807) is 0 Å². The standard InChI is InChI=1S/C12H14N6O4S/c1-23(20,21)18-6-4-17(5-7-18)12(19)11-15-10(16-22-11)9-8-13-2-3-14-9/h2-3,8H,4-7H2,1H3. The molecule has 1 saturated heterocycles. The molecule has 122 valence electrons. The van der Waals surface area contributed by atoms with Gasteiger partial charge in [-0.25, -0.2) is 13.4 Å². The first-order valence-electron chi connectivity index (χ1n) is 6.79. The third-order valence-corrected chi connectivity index (χ3v) is 4.70. The normalized spacial score (nSPS) is 16.5. The molecule has 1 aliphatic heterocycles. The van der Waals surface area contributed by atoms with E-state index in [4.69, 9.17) is 4.52 Å². The molecule has 23 heavy (non-hydrogen) atoms. The maximum absolute atomic E-state index is 12.3. The summed E-state index contributed by atoms with van der Waals surface area (Å²) < 4.78 is 29.2. The first-order valence-corrected chi connectivity index (χ1v) is 8.64. The van der Waals surface area contributed by atoms with Gasteiger partial charge in [-0.05, 0) is 0 Å². The molecule has 3 rings (SSSR count). The zero-order valence-electron chi connectivity index (χ0n) is 12.3. The molecule has 0 aliphatic carbocycles. The fourth-order valence-electron chi connectivity index (χ4n) is 2.19. The molecule has 11 heteroatoms. The van der Waals surface area contributed by atoms with Crippen molar-refractivity contribution in [2.75, 3.05) is 32.4 Å². The Balaban J connectivity index is 1.69. The van der Waals surface area contributed by atoms with Gasteiger partial charge in [0, 0.05) is 38.6 Å². The largest absolute Gasteiger partial charge is 0.332 e. The third-order valence-electron chi connectivity index (χ3n) is 3.40. The van der Waals surface area contributed by atoms with E-state index in [-0.39, 0.29) is 37.9 Å². The van der Waals surface area contributed by atoms with E-state index in [9.17, 15) is 13.2 Å². The van der Waals surface area contributed by atoms with E-state index in [2.05, 4.69) is 20.1 Å². The Bertz CT molecular complexity index is 798. The van der Waals surface area contributed by atoms with Crippen LogP contribution in [-0.2, 0) is 10.0 Å². The maximum Gasteiger partial charge on any atom is 0.316 e. The highest BCUT2D eigenvalue weighted by Crippen LogP contribution is 2.14. The van der Waals surface area contributed by atoms with Crippen LogP contribution >= 0.6 is 0 Å². The van der Waals surface area contributed by atoms with Crippen LogP contribution in [0.1, 0.15) is 10.7 Å². The number of rotatable bonds is 3. The molecular formula is C12H14N6O4S. The van der Waals surface area contributed by atoms with Gasteiger partial charge in [-0.15, -0.1) is 0 Å². The van der Waals surface area contributed by atoms with Crippen molar-refractivity contribution < 1.29 is 17.7 Å². The summed E-state index contributed by atoms with van der Waals surface area (Å²) in [5, 5.41) is 3.71. The summed E-state index contributed by atoms with van der Waals surface area (Å²) >= 11 is 0. The number of hydrogen-bond acceptors (Lipinski definition) is 8. The van der Waals surface area contributed by atoms with Gasteiger partial charge in [0.2, 0.25) is 15.8 Å². The van der Waals surface area contributed by atoms with E-state index in [0.29, 0.717) is 5.69 Å². The van der Waals surface area contributed by atoms with Gasteiger partial charge < -0.3 is 9.42 Å². The van der Waals surface area contributed by atoms with E-state index >= 15 is 0 Å². The van der Waals surface area contributed by atoms with Crippen LogP contribution < -0.4 is 0 Å². The average Bonchev–Trinajstić information content (AvgIpc) is 3.04. The minimum Gasteiger partial charge on any atom is -0.332 e. The number of aromatic nitrogens is 4. The molecule has 0 radical (unpaired) electrons. The Kier molecular flexibility index (Phi) is 4.05. The van der Waals surface area contributed by atoms with Gasteiger partial charge in [0.15, 0.2) is 0 Å². The lowest BCUT2D eigenvalue weighted by Gasteiger charge is -2.32. The first kappa shape index (κ1) is 15.5. The third kappa shape index (κ3) is 3.35. The van der Waals surface area contributed by atoms with Crippen LogP contribution in [0.5, 0.6) is 0 Å². The number of carbonyl (C=O) groups excluding carboxylic acids is 1. The Morgan fingerprint density at radius 3 is 2.57 bits per heavy atom. The van der Waals surface area contributed by atoms with Crippen molar-refractivity contribution in [2.24, 2.45) is 0 Å². The molecule has 0 spiro atoms. The van der Waals surface area contributed by atoms with Gasteiger partial charge in [0.05, 0.1) is 12.5 Å². The fraction of sp³-hybridized carbons (Fsp3) is 0.417. The van der Waals surface area contributed by atoms with Gasteiger partial charge in [-0.2, -0.15) is 9.29 Å². The van der Waals surface area contributed by atoms with Crippen LogP contribution in [0.15, 0.2) is 23.1 Å². The van der Waals surface area contributed by atoms with Crippen LogP contribution in [0, 0.1) is 0 Å². The molecule has 0 N–H and O–H groups in total. The summed E-state index contributed by atoms with van der Waals surface area (Å²) in [6.45, 7) is 1.04. The molecule has 10 nitrogen and oxygen atoms in total. The maximum atomic E-state index is 12.3. The molecule has 1 fully saturated rings.